The maximum atomic E-state index is 11.6. The Balaban J connectivity index is 2.03. The van der Waals surface area contributed by atoms with Crippen LogP contribution in [0.1, 0.15) is 53.9 Å². The van der Waals surface area contributed by atoms with E-state index in [9.17, 15) is 10.0 Å². The summed E-state index contributed by atoms with van der Waals surface area (Å²) in [5.41, 5.74) is -0.514. The Kier molecular flexibility index (Phi) is 5.16. The highest BCUT2D eigenvalue weighted by Crippen LogP contribution is 2.38. The van der Waals surface area contributed by atoms with Gasteiger partial charge in [0, 0.05) is 36.6 Å². The van der Waals surface area contributed by atoms with Crippen LogP contribution in [0.15, 0.2) is 0 Å². The van der Waals surface area contributed by atoms with Crippen molar-refractivity contribution in [3.05, 3.63) is 0 Å². The SMILES string of the molecule is CCC(=O)NC1CN(C2CC(C)(C)N(O)C(C)(C)C2)CCO1. The zero-order chi connectivity index (χ0) is 16.5. The van der Waals surface area contributed by atoms with Gasteiger partial charge in [0.05, 0.1) is 6.61 Å². The van der Waals surface area contributed by atoms with Crippen molar-refractivity contribution in [1.82, 2.24) is 15.3 Å². The average Bonchev–Trinajstić information content (AvgIpc) is 2.44. The predicted octanol–water partition coefficient (Wildman–Crippen LogP) is 1.58. The van der Waals surface area contributed by atoms with E-state index < -0.39 is 0 Å². The van der Waals surface area contributed by atoms with Gasteiger partial charge in [-0.25, -0.2) is 0 Å². The lowest BCUT2D eigenvalue weighted by Crippen LogP contribution is -2.65. The molecule has 0 aromatic carbocycles. The molecule has 1 atom stereocenters. The minimum Gasteiger partial charge on any atom is -0.356 e. The molecule has 2 saturated heterocycles. The van der Waals surface area contributed by atoms with Crippen LogP contribution in [0, 0.1) is 0 Å². The van der Waals surface area contributed by atoms with E-state index in [0.717, 1.165) is 19.4 Å². The summed E-state index contributed by atoms with van der Waals surface area (Å²) in [5, 5.41) is 14.8. The van der Waals surface area contributed by atoms with E-state index >= 15 is 0 Å². The van der Waals surface area contributed by atoms with Crippen molar-refractivity contribution in [3.63, 3.8) is 0 Å². The summed E-state index contributed by atoms with van der Waals surface area (Å²) >= 11 is 0. The molecule has 1 amide bonds. The summed E-state index contributed by atoms with van der Waals surface area (Å²) in [6.07, 6.45) is 2.06. The summed E-state index contributed by atoms with van der Waals surface area (Å²) in [6.45, 7) is 12.4. The highest BCUT2D eigenvalue weighted by molar-refractivity contribution is 5.75. The Morgan fingerprint density at radius 3 is 2.41 bits per heavy atom. The molecule has 0 aromatic rings. The van der Waals surface area contributed by atoms with Crippen LogP contribution < -0.4 is 5.32 Å². The molecule has 2 rings (SSSR count). The van der Waals surface area contributed by atoms with Crippen LogP contribution in [0.25, 0.3) is 0 Å². The van der Waals surface area contributed by atoms with E-state index in [4.69, 9.17) is 4.74 Å². The van der Waals surface area contributed by atoms with E-state index in [0.29, 0.717) is 25.6 Å². The number of hydrogen-bond acceptors (Lipinski definition) is 5. The van der Waals surface area contributed by atoms with E-state index in [2.05, 4.69) is 37.9 Å². The van der Waals surface area contributed by atoms with Gasteiger partial charge in [0.15, 0.2) is 0 Å². The van der Waals surface area contributed by atoms with Crippen molar-refractivity contribution in [2.75, 3.05) is 19.7 Å². The van der Waals surface area contributed by atoms with Gasteiger partial charge in [-0.3, -0.25) is 9.69 Å². The second-order valence-corrected chi connectivity index (χ2v) is 7.77. The first kappa shape index (κ1) is 17.7. The minimum absolute atomic E-state index is 0.0256. The lowest BCUT2D eigenvalue weighted by molar-refractivity contribution is -0.254. The van der Waals surface area contributed by atoms with Crippen LogP contribution in [-0.4, -0.2) is 64.1 Å². The molecule has 2 fully saturated rings. The zero-order valence-corrected chi connectivity index (χ0v) is 14.6. The fourth-order valence-corrected chi connectivity index (χ4v) is 3.85. The van der Waals surface area contributed by atoms with E-state index in [-0.39, 0.29) is 23.2 Å². The molecule has 2 heterocycles. The topological polar surface area (TPSA) is 65.0 Å². The third-order valence-corrected chi connectivity index (χ3v) is 4.87. The number of rotatable bonds is 3. The molecule has 22 heavy (non-hydrogen) atoms. The fourth-order valence-electron chi connectivity index (χ4n) is 3.85. The summed E-state index contributed by atoms with van der Waals surface area (Å²) < 4.78 is 5.66. The van der Waals surface area contributed by atoms with Gasteiger partial charge in [-0.15, -0.1) is 0 Å². The van der Waals surface area contributed by atoms with Gasteiger partial charge >= 0.3 is 0 Å². The first-order valence-corrected chi connectivity index (χ1v) is 8.30. The average molecular weight is 313 g/mol. The number of morpholine rings is 1. The standard InChI is InChI=1S/C16H31N3O3/c1-6-13(20)17-14-11-18(7-8-22-14)12-9-15(2,3)19(21)16(4,5)10-12/h12,14,21H,6-11H2,1-5H3,(H,17,20). The third kappa shape index (κ3) is 3.79. The molecule has 0 radical (unpaired) electrons. The molecule has 6 nitrogen and oxygen atoms in total. The fraction of sp³-hybridized carbons (Fsp3) is 0.938. The van der Waals surface area contributed by atoms with Crippen molar-refractivity contribution in [2.24, 2.45) is 0 Å². The predicted molar refractivity (Wildman–Crippen MR) is 84.6 cm³/mol. The molecule has 2 N–H and O–H groups in total. The van der Waals surface area contributed by atoms with Crippen molar-refractivity contribution in [1.29, 1.82) is 0 Å². The third-order valence-electron chi connectivity index (χ3n) is 4.87. The number of hydroxylamine groups is 2. The largest absolute Gasteiger partial charge is 0.356 e. The quantitative estimate of drug-likeness (QED) is 0.828. The second-order valence-electron chi connectivity index (χ2n) is 7.77. The molecule has 1 unspecified atom stereocenters. The van der Waals surface area contributed by atoms with Crippen molar-refractivity contribution in [3.8, 4) is 0 Å². The smallest absolute Gasteiger partial charge is 0.221 e. The van der Waals surface area contributed by atoms with E-state index in [1.54, 1.807) is 0 Å². The highest BCUT2D eigenvalue weighted by atomic mass is 16.5. The number of amides is 1. The van der Waals surface area contributed by atoms with E-state index in [1.807, 2.05) is 6.92 Å². The van der Waals surface area contributed by atoms with Gasteiger partial charge in [0.1, 0.15) is 6.23 Å². The first-order valence-electron chi connectivity index (χ1n) is 8.30. The number of nitrogens with one attached hydrogen (secondary N) is 1. The van der Waals surface area contributed by atoms with Crippen LogP contribution in [0.2, 0.25) is 0 Å². The summed E-state index contributed by atoms with van der Waals surface area (Å²) in [5.74, 6) is 0.0256. The van der Waals surface area contributed by atoms with Gasteiger partial charge in [-0.05, 0) is 40.5 Å². The van der Waals surface area contributed by atoms with Gasteiger partial charge in [-0.1, -0.05) is 6.92 Å². The summed E-state index contributed by atoms with van der Waals surface area (Å²) in [7, 11) is 0. The molecule has 128 valence electrons. The molecule has 0 bridgehead atoms. The molecular weight excluding hydrogens is 282 g/mol. The molecule has 0 spiro atoms. The van der Waals surface area contributed by atoms with Gasteiger partial charge < -0.3 is 15.3 Å². The van der Waals surface area contributed by atoms with Crippen LogP contribution in [-0.2, 0) is 9.53 Å². The Labute approximate surface area is 133 Å². The lowest BCUT2D eigenvalue weighted by Gasteiger charge is -2.54. The lowest BCUT2D eigenvalue weighted by atomic mass is 9.78. The molecule has 2 aliphatic rings. The number of nitrogens with zero attached hydrogens (tertiary/aromatic N) is 2. The molecule has 6 heteroatoms. The molecule has 2 aliphatic heterocycles. The molecule has 0 saturated carbocycles. The van der Waals surface area contributed by atoms with Crippen molar-refractivity contribution < 1.29 is 14.7 Å². The number of piperidine rings is 1. The number of carbonyl (C=O) groups is 1. The number of ether oxygens (including phenoxy) is 1. The Morgan fingerprint density at radius 2 is 1.86 bits per heavy atom. The normalized spacial score (nSPS) is 30.2. The van der Waals surface area contributed by atoms with Crippen LogP contribution >= 0.6 is 0 Å². The summed E-state index contributed by atoms with van der Waals surface area (Å²) in [6, 6.07) is 0.387. The number of carbonyl (C=O) groups excluding carboxylic acids is 1. The highest BCUT2D eigenvalue weighted by Gasteiger charge is 2.47. The summed E-state index contributed by atoms with van der Waals surface area (Å²) in [4.78, 5) is 14.0. The monoisotopic (exact) mass is 313 g/mol. The van der Waals surface area contributed by atoms with Gasteiger partial charge in [0.25, 0.3) is 0 Å². The first-order chi connectivity index (χ1) is 10.2. The maximum absolute atomic E-state index is 11.6. The zero-order valence-electron chi connectivity index (χ0n) is 14.6. The van der Waals surface area contributed by atoms with Gasteiger partial charge in [0.2, 0.25) is 5.91 Å². The molecular formula is C16H31N3O3. The minimum atomic E-state index is -0.257. The Hall–Kier alpha value is -0.690. The maximum Gasteiger partial charge on any atom is 0.221 e. The van der Waals surface area contributed by atoms with E-state index in [1.165, 1.54) is 5.06 Å². The molecule has 0 aromatic heterocycles. The van der Waals surface area contributed by atoms with Crippen molar-refractivity contribution in [2.45, 2.75) is 77.2 Å². The Bertz CT molecular complexity index is 393. The number of hydrogen-bond donors (Lipinski definition) is 2. The molecule has 0 aliphatic carbocycles. The second kappa shape index (κ2) is 6.43. The van der Waals surface area contributed by atoms with Crippen LogP contribution in [0.4, 0.5) is 0 Å². The van der Waals surface area contributed by atoms with Crippen LogP contribution in [0.3, 0.4) is 0 Å². The van der Waals surface area contributed by atoms with Crippen LogP contribution in [0.5, 0.6) is 0 Å². The van der Waals surface area contributed by atoms with Crippen molar-refractivity contribution >= 4 is 5.91 Å². The van der Waals surface area contributed by atoms with Gasteiger partial charge in [-0.2, -0.15) is 5.06 Å². The Morgan fingerprint density at radius 1 is 1.27 bits per heavy atom.